The van der Waals surface area contributed by atoms with Crippen LogP contribution in [0, 0.1) is 0 Å². The first-order chi connectivity index (χ1) is 32.2. The SMILES string of the molecule is CCCCCCCCCCCCCCCCCCCC/C=C/CC/C=C/CC/C=C/C(O)C(CO)NC(=O)CCCCCCCCCCCCCCCCCCCCCCCCCCC. The number of hydrogen-bond acceptors (Lipinski definition) is 3. The van der Waals surface area contributed by atoms with Gasteiger partial charge in [0, 0.05) is 6.42 Å². The number of rotatable bonds is 55. The van der Waals surface area contributed by atoms with Gasteiger partial charge < -0.3 is 15.5 Å². The van der Waals surface area contributed by atoms with Crippen molar-refractivity contribution in [2.45, 2.75) is 341 Å². The Morgan fingerprint density at radius 2 is 0.600 bits per heavy atom. The Morgan fingerprint density at radius 1 is 0.354 bits per heavy atom. The van der Waals surface area contributed by atoms with Crippen LogP contribution in [0.1, 0.15) is 328 Å². The zero-order valence-corrected chi connectivity index (χ0v) is 44.3. The highest BCUT2D eigenvalue weighted by Crippen LogP contribution is 2.18. The minimum atomic E-state index is -0.869. The van der Waals surface area contributed by atoms with Gasteiger partial charge in [0.25, 0.3) is 0 Å². The first-order valence-electron chi connectivity index (χ1n) is 29.7. The summed E-state index contributed by atoms with van der Waals surface area (Å²) in [7, 11) is 0. The van der Waals surface area contributed by atoms with Gasteiger partial charge in [-0.2, -0.15) is 0 Å². The lowest BCUT2D eigenvalue weighted by molar-refractivity contribution is -0.123. The number of unbranched alkanes of at least 4 members (excludes halogenated alkanes) is 44. The number of aliphatic hydroxyl groups is 2. The van der Waals surface area contributed by atoms with E-state index in [1.54, 1.807) is 6.08 Å². The number of allylic oxidation sites excluding steroid dienone is 5. The van der Waals surface area contributed by atoms with Crippen LogP contribution in [0.3, 0.4) is 0 Å². The quantitative estimate of drug-likeness (QED) is 0.0421. The summed E-state index contributed by atoms with van der Waals surface area (Å²) in [6, 6.07) is -0.644. The molecule has 384 valence electrons. The van der Waals surface area contributed by atoms with Crippen LogP contribution >= 0.6 is 0 Å². The lowest BCUT2D eigenvalue weighted by atomic mass is 10.0. The fourth-order valence-electron chi connectivity index (χ4n) is 9.33. The predicted octanol–water partition coefficient (Wildman–Crippen LogP) is 19.6. The van der Waals surface area contributed by atoms with Gasteiger partial charge in [0.1, 0.15) is 0 Å². The van der Waals surface area contributed by atoms with E-state index in [0.717, 1.165) is 38.5 Å². The molecule has 0 aromatic heterocycles. The summed E-state index contributed by atoms with van der Waals surface area (Å²) in [6.45, 7) is 4.34. The van der Waals surface area contributed by atoms with E-state index in [1.807, 2.05) is 6.08 Å². The maximum absolute atomic E-state index is 12.5. The molecule has 4 nitrogen and oxygen atoms in total. The molecule has 0 aliphatic rings. The van der Waals surface area contributed by atoms with E-state index in [4.69, 9.17) is 0 Å². The van der Waals surface area contributed by atoms with Gasteiger partial charge in [-0.15, -0.1) is 0 Å². The third-order valence-corrected chi connectivity index (χ3v) is 13.9. The second-order valence-corrected chi connectivity index (χ2v) is 20.4. The molecule has 0 saturated carbocycles. The van der Waals surface area contributed by atoms with Crippen LogP contribution in [-0.2, 0) is 4.79 Å². The summed E-state index contributed by atoms with van der Waals surface area (Å²) in [4.78, 5) is 12.5. The minimum absolute atomic E-state index is 0.0713. The monoisotopic (exact) mass is 912 g/mol. The number of carbonyl (C=O) groups is 1. The highest BCUT2D eigenvalue weighted by molar-refractivity contribution is 5.76. The average molecular weight is 913 g/mol. The second kappa shape index (κ2) is 56.9. The normalized spacial score (nSPS) is 13.0. The Hall–Kier alpha value is -1.39. The van der Waals surface area contributed by atoms with Crippen molar-refractivity contribution in [2.24, 2.45) is 0 Å². The molecule has 0 rings (SSSR count). The van der Waals surface area contributed by atoms with Gasteiger partial charge >= 0.3 is 0 Å². The average Bonchev–Trinajstić information content (AvgIpc) is 3.31. The lowest BCUT2D eigenvalue weighted by Gasteiger charge is -2.19. The van der Waals surface area contributed by atoms with Gasteiger partial charge in [0.15, 0.2) is 0 Å². The molecule has 0 aromatic rings. The van der Waals surface area contributed by atoms with Crippen molar-refractivity contribution in [1.82, 2.24) is 5.32 Å². The molecule has 0 saturated heterocycles. The van der Waals surface area contributed by atoms with Crippen LogP contribution in [0.5, 0.6) is 0 Å². The molecule has 0 spiro atoms. The topological polar surface area (TPSA) is 69.6 Å². The van der Waals surface area contributed by atoms with E-state index in [2.05, 4.69) is 43.5 Å². The molecule has 1 amide bonds. The Labute approximate surface area is 408 Å². The van der Waals surface area contributed by atoms with Crippen LogP contribution in [0.4, 0.5) is 0 Å². The highest BCUT2D eigenvalue weighted by Gasteiger charge is 2.18. The van der Waals surface area contributed by atoms with Gasteiger partial charge in [0.2, 0.25) is 5.91 Å². The second-order valence-electron chi connectivity index (χ2n) is 20.4. The summed E-state index contributed by atoms with van der Waals surface area (Å²) >= 11 is 0. The van der Waals surface area contributed by atoms with E-state index >= 15 is 0 Å². The molecule has 4 heteroatoms. The molecule has 0 heterocycles. The molecule has 3 N–H and O–H groups in total. The molecular weight excluding hydrogens is 795 g/mol. The van der Waals surface area contributed by atoms with Gasteiger partial charge in [-0.05, 0) is 44.9 Å². The number of nitrogens with one attached hydrogen (secondary N) is 1. The number of aliphatic hydroxyl groups excluding tert-OH is 2. The largest absolute Gasteiger partial charge is 0.394 e. The van der Waals surface area contributed by atoms with Crippen LogP contribution in [0.25, 0.3) is 0 Å². The standard InChI is InChI=1S/C61H117NO3/c1-3-5-7-9-11-13-15-17-19-21-23-25-27-29-30-31-33-34-36-38-40-42-44-46-48-50-52-54-56-60(64)59(58-63)62-61(65)57-55-53-51-49-47-45-43-41-39-37-35-32-28-26-24-22-20-18-16-14-12-10-8-6-4-2/h38,40,46,48,54,56,59-60,63-64H,3-37,39,41-45,47,49-53,55,57-58H2,1-2H3,(H,62,65)/b40-38+,48-46+,56-54+. The predicted molar refractivity (Wildman–Crippen MR) is 290 cm³/mol. The van der Waals surface area contributed by atoms with Crippen molar-refractivity contribution in [1.29, 1.82) is 0 Å². The third kappa shape index (κ3) is 53.4. The summed E-state index contributed by atoms with van der Waals surface area (Å²) in [5.74, 6) is -0.0713. The zero-order valence-electron chi connectivity index (χ0n) is 44.3. The van der Waals surface area contributed by atoms with Crippen molar-refractivity contribution < 1.29 is 15.0 Å². The first-order valence-corrected chi connectivity index (χ1v) is 29.7. The lowest BCUT2D eigenvalue weighted by Crippen LogP contribution is -2.45. The fraction of sp³-hybridized carbons (Fsp3) is 0.885. The summed E-state index contributed by atoms with van der Waals surface area (Å²) < 4.78 is 0. The Bertz CT molecular complexity index is 989. The zero-order chi connectivity index (χ0) is 47.0. The molecule has 65 heavy (non-hydrogen) atoms. The van der Waals surface area contributed by atoms with Crippen LogP contribution in [0.15, 0.2) is 36.5 Å². The smallest absolute Gasteiger partial charge is 0.220 e. The third-order valence-electron chi connectivity index (χ3n) is 13.9. The van der Waals surface area contributed by atoms with E-state index in [-0.39, 0.29) is 12.5 Å². The Balaban J connectivity index is 3.51. The number of carbonyl (C=O) groups excluding carboxylic acids is 1. The Morgan fingerprint density at radius 3 is 0.892 bits per heavy atom. The first kappa shape index (κ1) is 63.6. The van der Waals surface area contributed by atoms with Crippen molar-refractivity contribution in [3.05, 3.63) is 36.5 Å². The molecule has 0 aromatic carbocycles. The summed E-state index contributed by atoms with van der Waals surface area (Å²) in [5, 5.41) is 23.2. The summed E-state index contributed by atoms with van der Waals surface area (Å²) in [6.07, 6.45) is 77.6. The van der Waals surface area contributed by atoms with E-state index in [0.29, 0.717) is 6.42 Å². The van der Waals surface area contributed by atoms with Gasteiger partial charge in [0.05, 0.1) is 18.8 Å². The molecule has 0 aliphatic heterocycles. The number of hydrogen-bond donors (Lipinski definition) is 3. The fourth-order valence-corrected chi connectivity index (χ4v) is 9.33. The number of amides is 1. The van der Waals surface area contributed by atoms with Gasteiger partial charge in [-0.1, -0.05) is 314 Å². The van der Waals surface area contributed by atoms with E-state index in [9.17, 15) is 15.0 Å². The van der Waals surface area contributed by atoms with Crippen molar-refractivity contribution in [3.8, 4) is 0 Å². The van der Waals surface area contributed by atoms with Crippen molar-refractivity contribution >= 4 is 5.91 Å². The van der Waals surface area contributed by atoms with Crippen molar-refractivity contribution in [2.75, 3.05) is 6.61 Å². The molecule has 0 fully saturated rings. The van der Waals surface area contributed by atoms with Gasteiger partial charge in [-0.3, -0.25) is 4.79 Å². The molecule has 2 unspecified atom stereocenters. The minimum Gasteiger partial charge on any atom is -0.394 e. The maximum atomic E-state index is 12.5. The van der Waals surface area contributed by atoms with Gasteiger partial charge in [-0.25, -0.2) is 0 Å². The molecular formula is C61H117NO3. The molecule has 0 aliphatic carbocycles. The van der Waals surface area contributed by atoms with Crippen LogP contribution in [-0.4, -0.2) is 34.9 Å². The summed E-state index contributed by atoms with van der Waals surface area (Å²) in [5.41, 5.74) is 0. The van der Waals surface area contributed by atoms with E-state index in [1.165, 1.54) is 270 Å². The van der Waals surface area contributed by atoms with Crippen LogP contribution < -0.4 is 5.32 Å². The van der Waals surface area contributed by atoms with E-state index < -0.39 is 12.1 Å². The molecule has 0 radical (unpaired) electrons. The van der Waals surface area contributed by atoms with Crippen molar-refractivity contribution in [3.63, 3.8) is 0 Å². The molecule has 2 atom stereocenters. The Kier molecular flexibility index (Phi) is 55.7. The maximum Gasteiger partial charge on any atom is 0.220 e. The highest BCUT2D eigenvalue weighted by atomic mass is 16.3. The molecule has 0 bridgehead atoms. The van der Waals surface area contributed by atoms with Crippen LogP contribution in [0.2, 0.25) is 0 Å².